The molecule has 4 heteroatoms. The maximum Gasteiger partial charge on any atom is 0.150 e. The molecule has 1 aromatic heterocycles. The van der Waals surface area contributed by atoms with Crippen molar-refractivity contribution < 1.29 is 0 Å². The lowest BCUT2D eigenvalue weighted by atomic mass is 9.75. The second-order valence-corrected chi connectivity index (χ2v) is 7.17. The number of nitrogen functional groups attached to an aromatic ring is 1. The van der Waals surface area contributed by atoms with E-state index in [0.29, 0.717) is 5.41 Å². The number of hydrogen-bond donors (Lipinski definition) is 1. The topological polar surface area (TPSA) is 47.1 Å². The van der Waals surface area contributed by atoms with Crippen molar-refractivity contribution in [2.24, 2.45) is 11.3 Å². The first kappa shape index (κ1) is 15.2. The van der Waals surface area contributed by atoms with E-state index in [-0.39, 0.29) is 0 Å². The number of rotatable bonds is 3. The third-order valence-electron chi connectivity index (χ3n) is 4.60. The van der Waals surface area contributed by atoms with E-state index in [2.05, 4.69) is 42.4 Å². The van der Waals surface area contributed by atoms with Crippen LogP contribution in [-0.2, 0) is 6.54 Å². The average molecular weight is 278 g/mol. The number of aryl methyl sites for hydroxylation is 2. The summed E-state index contributed by atoms with van der Waals surface area (Å²) >= 11 is 0. The monoisotopic (exact) mass is 278 g/mol. The normalized spacial score (nSPS) is 17.8. The van der Waals surface area contributed by atoms with Gasteiger partial charge in [-0.05, 0) is 37.5 Å². The van der Waals surface area contributed by atoms with Gasteiger partial charge in [0.25, 0.3) is 0 Å². The molecule has 0 bridgehead atoms. The van der Waals surface area contributed by atoms with E-state index in [1.54, 1.807) is 0 Å². The summed E-state index contributed by atoms with van der Waals surface area (Å²) in [6.45, 7) is 14.4. The smallest absolute Gasteiger partial charge is 0.150 e. The van der Waals surface area contributed by atoms with E-state index < -0.39 is 0 Å². The minimum absolute atomic E-state index is 0.414. The Bertz CT molecular complexity index is 448. The van der Waals surface area contributed by atoms with Gasteiger partial charge in [-0.3, -0.25) is 0 Å². The third kappa shape index (κ3) is 2.94. The van der Waals surface area contributed by atoms with Crippen LogP contribution >= 0.6 is 0 Å². The van der Waals surface area contributed by atoms with Gasteiger partial charge in [-0.15, -0.1) is 0 Å². The molecule has 0 unspecified atom stereocenters. The van der Waals surface area contributed by atoms with Crippen LogP contribution in [0.5, 0.6) is 0 Å². The van der Waals surface area contributed by atoms with Crippen LogP contribution in [0.2, 0.25) is 0 Å². The minimum atomic E-state index is 0.414. The van der Waals surface area contributed by atoms with E-state index in [1.807, 2.05) is 6.92 Å². The third-order valence-corrected chi connectivity index (χ3v) is 4.60. The van der Waals surface area contributed by atoms with Crippen molar-refractivity contribution in [1.29, 1.82) is 0 Å². The van der Waals surface area contributed by atoms with Gasteiger partial charge in [0.2, 0.25) is 0 Å². The lowest BCUT2D eigenvalue weighted by Crippen LogP contribution is -2.39. The van der Waals surface area contributed by atoms with Crippen LogP contribution in [0.3, 0.4) is 0 Å². The van der Waals surface area contributed by atoms with Gasteiger partial charge in [0.05, 0.1) is 11.4 Å². The Balaban J connectivity index is 2.14. The van der Waals surface area contributed by atoms with Gasteiger partial charge in [-0.25, -0.2) is 4.68 Å². The highest BCUT2D eigenvalue weighted by Crippen LogP contribution is 2.37. The maximum absolute atomic E-state index is 6.26. The van der Waals surface area contributed by atoms with Gasteiger partial charge in [-0.1, -0.05) is 27.7 Å². The standard InChI is InChI=1S/C16H30N4/c1-6-9-20-15(14(17)12(2)18-20)19-10-7-13(8-11-19)16(3,4)5/h13H,6-11,17H2,1-5H3. The lowest BCUT2D eigenvalue weighted by molar-refractivity contribution is 0.198. The van der Waals surface area contributed by atoms with E-state index in [4.69, 9.17) is 5.73 Å². The van der Waals surface area contributed by atoms with E-state index in [0.717, 1.165) is 49.2 Å². The predicted octanol–water partition coefficient (Wildman–Crippen LogP) is 3.45. The number of hydrogen-bond acceptors (Lipinski definition) is 3. The predicted molar refractivity (Wildman–Crippen MR) is 86.1 cm³/mol. The molecule has 0 aromatic carbocycles. The molecular weight excluding hydrogens is 248 g/mol. The van der Waals surface area contributed by atoms with Crippen molar-refractivity contribution in [3.8, 4) is 0 Å². The summed E-state index contributed by atoms with van der Waals surface area (Å²) in [4.78, 5) is 2.44. The second-order valence-electron chi connectivity index (χ2n) is 7.17. The lowest BCUT2D eigenvalue weighted by Gasteiger charge is -2.39. The summed E-state index contributed by atoms with van der Waals surface area (Å²) in [6.07, 6.45) is 3.59. The van der Waals surface area contributed by atoms with Gasteiger partial charge in [0, 0.05) is 19.6 Å². The molecule has 0 spiro atoms. The molecule has 20 heavy (non-hydrogen) atoms. The van der Waals surface area contributed by atoms with Gasteiger partial charge in [0.15, 0.2) is 5.82 Å². The second kappa shape index (κ2) is 5.66. The molecule has 1 fully saturated rings. The molecular formula is C16H30N4. The number of aromatic nitrogens is 2. The molecule has 1 aliphatic heterocycles. The van der Waals surface area contributed by atoms with Crippen LogP contribution in [-0.4, -0.2) is 22.9 Å². The molecule has 0 aliphatic carbocycles. The first-order chi connectivity index (χ1) is 9.34. The van der Waals surface area contributed by atoms with Gasteiger partial charge >= 0.3 is 0 Å². The molecule has 1 saturated heterocycles. The minimum Gasteiger partial charge on any atom is -0.394 e. The van der Waals surface area contributed by atoms with Crippen molar-refractivity contribution in [3.05, 3.63) is 5.69 Å². The van der Waals surface area contributed by atoms with Gasteiger partial charge < -0.3 is 10.6 Å². The average Bonchev–Trinajstić information content (AvgIpc) is 2.65. The summed E-state index contributed by atoms with van der Waals surface area (Å²) in [5.41, 5.74) is 8.51. The highest BCUT2D eigenvalue weighted by molar-refractivity contribution is 5.66. The first-order valence-electron chi connectivity index (χ1n) is 7.92. The zero-order chi connectivity index (χ0) is 14.9. The van der Waals surface area contributed by atoms with Crippen molar-refractivity contribution >= 4 is 11.5 Å². The van der Waals surface area contributed by atoms with Crippen LogP contribution in [0.4, 0.5) is 11.5 Å². The molecule has 0 saturated carbocycles. The maximum atomic E-state index is 6.26. The molecule has 1 aliphatic rings. The zero-order valence-electron chi connectivity index (χ0n) is 13.7. The fraction of sp³-hybridized carbons (Fsp3) is 0.812. The van der Waals surface area contributed by atoms with E-state index in [9.17, 15) is 0 Å². The van der Waals surface area contributed by atoms with Crippen LogP contribution in [0, 0.1) is 18.3 Å². The molecule has 1 aromatic rings. The summed E-state index contributed by atoms with van der Waals surface area (Å²) in [7, 11) is 0. The SMILES string of the molecule is CCCn1nc(C)c(N)c1N1CCC(C(C)(C)C)CC1. The van der Waals surface area contributed by atoms with Gasteiger partial charge in [0.1, 0.15) is 0 Å². The molecule has 0 radical (unpaired) electrons. The summed E-state index contributed by atoms with van der Waals surface area (Å²) in [6, 6.07) is 0. The van der Waals surface area contributed by atoms with Crippen molar-refractivity contribution in [3.63, 3.8) is 0 Å². The summed E-state index contributed by atoms with van der Waals surface area (Å²) < 4.78 is 2.10. The van der Waals surface area contributed by atoms with Crippen LogP contribution in [0.1, 0.15) is 52.7 Å². The Kier molecular flexibility index (Phi) is 4.31. The van der Waals surface area contributed by atoms with E-state index >= 15 is 0 Å². The van der Waals surface area contributed by atoms with Crippen LogP contribution < -0.4 is 10.6 Å². The number of piperidine rings is 1. The Morgan fingerprint density at radius 1 is 1.25 bits per heavy atom. The summed E-state index contributed by atoms with van der Waals surface area (Å²) in [5.74, 6) is 1.96. The number of nitrogens with zero attached hydrogens (tertiary/aromatic N) is 3. The highest BCUT2D eigenvalue weighted by atomic mass is 15.4. The molecule has 0 amide bonds. The van der Waals surface area contributed by atoms with Crippen molar-refractivity contribution in [1.82, 2.24) is 9.78 Å². The molecule has 0 atom stereocenters. The van der Waals surface area contributed by atoms with Crippen molar-refractivity contribution in [2.75, 3.05) is 23.7 Å². The Labute approximate surface area is 123 Å². The molecule has 2 heterocycles. The van der Waals surface area contributed by atoms with Gasteiger partial charge in [-0.2, -0.15) is 5.10 Å². The fourth-order valence-corrected chi connectivity index (χ4v) is 3.24. The molecule has 2 N–H and O–H groups in total. The first-order valence-corrected chi connectivity index (χ1v) is 7.92. The fourth-order valence-electron chi connectivity index (χ4n) is 3.24. The van der Waals surface area contributed by atoms with Crippen LogP contribution in [0.15, 0.2) is 0 Å². The Morgan fingerprint density at radius 2 is 1.85 bits per heavy atom. The highest BCUT2D eigenvalue weighted by Gasteiger charge is 2.30. The molecule has 2 rings (SSSR count). The molecule has 4 nitrogen and oxygen atoms in total. The zero-order valence-corrected chi connectivity index (χ0v) is 13.7. The summed E-state index contributed by atoms with van der Waals surface area (Å²) in [5, 5.41) is 4.59. The quantitative estimate of drug-likeness (QED) is 0.921. The Morgan fingerprint density at radius 3 is 2.35 bits per heavy atom. The van der Waals surface area contributed by atoms with Crippen molar-refractivity contribution in [2.45, 2.75) is 60.4 Å². The molecule has 114 valence electrons. The van der Waals surface area contributed by atoms with Crippen LogP contribution in [0.25, 0.3) is 0 Å². The Hall–Kier alpha value is -1.19. The number of anilines is 2. The number of nitrogens with two attached hydrogens (primary N) is 1. The largest absolute Gasteiger partial charge is 0.394 e. The van der Waals surface area contributed by atoms with E-state index in [1.165, 1.54) is 12.8 Å².